The Kier molecular flexibility index (Phi) is 2.31. The molecule has 3 nitrogen and oxygen atoms in total. The zero-order valence-corrected chi connectivity index (χ0v) is 9.72. The van der Waals surface area contributed by atoms with Crippen molar-refractivity contribution in [1.29, 1.82) is 5.26 Å². The number of nitrogens with zero attached hydrogens (tertiary/aromatic N) is 1. The van der Waals surface area contributed by atoms with Gasteiger partial charge in [0.2, 0.25) is 0 Å². The number of furan rings is 1. The van der Waals surface area contributed by atoms with Crippen LogP contribution < -0.4 is 0 Å². The topological polar surface area (TPSA) is 54.0 Å². The molecule has 0 unspecified atom stereocenters. The molecule has 1 aliphatic carbocycles. The zero-order chi connectivity index (χ0) is 12.6. The highest BCUT2D eigenvalue weighted by Crippen LogP contribution is 2.47. The predicted octanol–water partition coefficient (Wildman–Crippen LogP) is 3.31. The van der Waals surface area contributed by atoms with E-state index >= 15 is 0 Å². The number of carbonyl (C=O) groups is 1. The molecule has 0 N–H and O–H groups in total. The van der Waals surface area contributed by atoms with Crippen molar-refractivity contribution >= 4 is 6.29 Å². The third-order valence-electron chi connectivity index (χ3n) is 3.43. The van der Waals surface area contributed by atoms with E-state index in [9.17, 15) is 4.79 Å². The molecule has 1 fully saturated rings. The Bertz CT molecular complexity index is 627. The van der Waals surface area contributed by atoms with Crippen molar-refractivity contribution in [2.45, 2.75) is 18.3 Å². The van der Waals surface area contributed by atoms with E-state index in [0.717, 1.165) is 24.0 Å². The van der Waals surface area contributed by atoms with E-state index in [-0.39, 0.29) is 5.41 Å². The Hall–Kier alpha value is -2.34. The van der Waals surface area contributed by atoms with Crippen LogP contribution in [-0.2, 0) is 5.41 Å². The lowest BCUT2D eigenvalue weighted by atomic mass is 9.96. The van der Waals surface area contributed by atoms with E-state index in [1.807, 2.05) is 24.3 Å². The van der Waals surface area contributed by atoms with Gasteiger partial charge >= 0.3 is 0 Å². The third kappa shape index (κ3) is 1.63. The Morgan fingerprint density at radius 1 is 1.17 bits per heavy atom. The van der Waals surface area contributed by atoms with Crippen LogP contribution in [0.15, 0.2) is 40.8 Å². The molecule has 0 saturated heterocycles. The summed E-state index contributed by atoms with van der Waals surface area (Å²) in [4.78, 5) is 10.6. The molecule has 1 aromatic heterocycles. The van der Waals surface area contributed by atoms with Crippen LogP contribution in [-0.4, -0.2) is 6.29 Å². The number of benzene rings is 1. The molecule has 0 amide bonds. The van der Waals surface area contributed by atoms with E-state index in [1.54, 1.807) is 12.1 Å². The maximum atomic E-state index is 10.6. The minimum Gasteiger partial charge on any atom is -0.453 e. The SMILES string of the molecule is N#CC1(c2ccc(-c3ccc(C=O)o3)cc2)CC1. The van der Waals surface area contributed by atoms with Gasteiger partial charge in [0.25, 0.3) is 0 Å². The molecule has 3 rings (SSSR count). The molecule has 1 saturated carbocycles. The summed E-state index contributed by atoms with van der Waals surface area (Å²) in [6, 6.07) is 13.6. The number of hydrogen-bond acceptors (Lipinski definition) is 3. The first-order valence-electron chi connectivity index (χ1n) is 5.85. The van der Waals surface area contributed by atoms with E-state index < -0.39 is 0 Å². The Labute approximate surface area is 105 Å². The van der Waals surface area contributed by atoms with E-state index in [2.05, 4.69) is 6.07 Å². The lowest BCUT2D eigenvalue weighted by Crippen LogP contribution is -2.01. The van der Waals surface area contributed by atoms with Crippen molar-refractivity contribution in [3.63, 3.8) is 0 Å². The lowest BCUT2D eigenvalue weighted by Gasteiger charge is -2.06. The molecule has 1 heterocycles. The molecular formula is C15H11NO2. The molecule has 18 heavy (non-hydrogen) atoms. The molecule has 1 aromatic carbocycles. The Balaban J connectivity index is 1.92. The lowest BCUT2D eigenvalue weighted by molar-refractivity contribution is 0.110. The van der Waals surface area contributed by atoms with Crippen molar-refractivity contribution in [2.24, 2.45) is 0 Å². The monoisotopic (exact) mass is 237 g/mol. The summed E-state index contributed by atoms with van der Waals surface area (Å²) in [5.74, 6) is 0.996. The molecule has 0 spiro atoms. The minimum absolute atomic E-state index is 0.254. The van der Waals surface area contributed by atoms with Gasteiger partial charge in [-0.25, -0.2) is 0 Å². The summed E-state index contributed by atoms with van der Waals surface area (Å²) in [5.41, 5.74) is 1.73. The second-order valence-corrected chi connectivity index (χ2v) is 4.59. The number of nitriles is 1. The maximum Gasteiger partial charge on any atom is 0.185 e. The summed E-state index contributed by atoms with van der Waals surface area (Å²) in [5, 5.41) is 9.12. The maximum absolute atomic E-state index is 10.6. The smallest absolute Gasteiger partial charge is 0.185 e. The second kappa shape index (κ2) is 3.85. The number of carbonyl (C=O) groups excluding carboxylic acids is 1. The Morgan fingerprint density at radius 3 is 2.39 bits per heavy atom. The molecular weight excluding hydrogens is 226 g/mol. The number of hydrogen-bond donors (Lipinski definition) is 0. The van der Waals surface area contributed by atoms with Gasteiger partial charge in [0, 0.05) is 5.56 Å². The van der Waals surface area contributed by atoms with Gasteiger partial charge < -0.3 is 4.42 Å². The average molecular weight is 237 g/mol. The fraction of sp³-hybridized carbons (Fsp3) is 0.200. The van der Waals surface area contributed by atoms with Crippen LogP contribution in [0.2, 0.25) is 0 Å². The molecule has 0 radical (unpaired) electrons. The molecule has 88 valence electrons. The standard InChI is InChI=1S/C15H11NO2/c16-10-15(7-8-15)12-3-1-11(2-4-12)14-6-5-13(9-17)18-14/h1-6,9H,7-8H2. The molecule has 0 aliphatic heterocycles. The van der Waals surface area contributed by atoms with Crippen LogP contribution >= 0.6 is 0 Å². The summed E-state index contributed by atoms with van der Waals surface area (Å²) in [6.45, 7) is 0. The van der Waals surface area contributed by atoms with Crippen LogP contribution in [0, 0.1) is 11.3 Å². The van der Waals surface area contributed by atoms with Crippen LogP contribution in [0.5, 0.6) is 0 Å². The van der Waals surface area contributed by atoms with Crippen LogP contribution in [0.25, 0.3) is 11.3 Å². The normalized spacial score (nSPS) is 15.9. The van der Waals surface area contributed by atoms with Crippen molar-refractivity contribution in [3.8, 4) is 17.4 Å². The second-order valence-electron chi connectivity index (χ2n) is 4.59. The predicted molar refractivity (Wildman–Crippen MR) is 66.1 cm³/mol. The third-order valence-corrected chi connectivity index (χ3v) is 3.43. The molecule has 0 bridgehead atoms. The Morgan fingerprint density at radius 2 is 1.89 bits per heavy atom. The quantitative estimate of drug-likeness (QED) is 0.769. The van der Waals surface area contributed by atoms with Gasteiger partial charge in [0.05, 0.1) is 11.5 Å². The van der Waals surface area contributed by atoms with Gasteiger partial charge in [-0.15, -0.1) is 0 Å². The molecule has 3 heteroatoms. The largest absolute Gasteiger partial charge is 0.453 e. The van der Waals surface area contributed by atoms with E-state index in [0.29, 0.717) is 17.8 Å². The first-order valence-corrected chi connectivity index (χ1v) is 5.85. The van der Waals surface area contributed by atoms with E-state index in [1.165, 1.54) is 0 Å². The highest BCUT2D eigenvalue weighted by Gasteiger charge is 2.44. The fourth-order valence-electron chi connectivity index (χ4n) is 2.11. The fourth-order valence-corrected chi connectivity index (χ4v) is 2.11. The zero-order valence-electron chi connectivity index (χ0n) is 9.72. The van der Waals surface area contributed by atoms with Gasteiger partial charge in [-0.3, -0.25) is 4.79 Å². The van der Waals surface area contributed by atoms with Gasteiger partial charge in [0.1, 0.15) is 5.76 Å². The number of rotatable bonds is 3. The van der Waals surface area contributed by atoms with Gasteiger partial charge in [-0.1, -0.05) is 24.3 Å². The van der Waals surface area contributed by atoms with Crippen LogP contribution in [0.1, 0.15) is 29.0 Å². The first-order chi connectivity index (χ1) is 8.77. The molecule has 2 aromatic rings. The van der Waals surface area contributed by atoms with Crippen molar-refractivity contribution in [3.05, 3.63) is 47.7 Å². The molecule has 1 aliphatic rings. The van der Waals surface area contributed by atoms with Gasteiger partial charge in [0.15, 0.2) is 12.0 Å². The summed E-state index contributed by atoms with van der Waals surface area (Å²) >= 11 is 0. The first kappa shape index (κ1) is 10.8. The summed E-state index contributed by atoms with van der Waals surface area (Å²) < 4.78 is 5.35. The highest BCUT2D eigenvalue weighted by atomic mass is 16.3. The van der Waals surface area contributed by atoms with Crippen molar-refractivity contribution in [1.82, 2.24) is 0 Å². The van der Waals surface area contributed by atoms with Gasteiger partial charge in [-0.05, 0) is 30.5 Å². The highest BCUT2D eigenvalue weighted by molar-refractivity contribution is 5.72. The average Bonchev–Trinajstić information content (AvgIpc) is 3.09. The van der Waals surface area contributed by atoms with Crippen LogP contribution in [0.4, 0.5) is 0 Å². The molecule has 0 atom stereocenters. The minimum atomic E-state index is -0.254. The van der Waals surface area contributed by atoms with Gasteiger partial charge in [-0.2, -0.15) is 5.26 Å². The summed E-state index contributed by atoms with van der Waals surface area (Å²) in [7, 11) is 0. The summed E-state index contributed by atoms with van der Waals surface area (Å²) in [6.07, 6.45) is 2.57. The van der Waals surface area contributed by atoms with E-state index in [4.69, 9.17) is 9.68 Å². The van der Waals surface area contributed by atoms with Crippen LogP contribution in [0.3, 0.4) is 0 Å². The number of aldehydes is 1. The van der Waals surface area contributed by atoms with Crippen molar-refractivity contribution in [2.75, 3.05) is 0 Å². The van der Waals surface area contributed by atoms with Crippen molar-refractivity contribution < 1.29 is 9.21 Å².